The van der Waals surface area contributed by atoms with Crippen molar-refractivity contribution < 1.29 is 0 Å². The van der Waals surface area contributed by atoms with Gasteiger partial charge in [0.15, 0.2) is 0 Å². The highest BCUT2D eigenvalue weighted by Crippen LogP contribution is 2.24. The molecule has 0 spiro atoms. The molecule has 0 radical (unpaired) electrons. The van der Waals surface area contributed by atoms with Crippen molar-refractivity contribution in [3.05, 3.63) is 33.8 Å². The molecule has 0 saturated carbocycles. The van der Waals surface area contributed by atoms with Crippen molar-refractivity contribution in [3.8, 4) is 0 Å². The van der Waals surface area contributed by atoms with E-state index in [-0.39, 0.29) is 0 Å². The van der Waals surface area contributed by atoms with Gasteiger partial charge in [-0.3, -0.25) is 0 Å². The Morgan fingerprint density at radius 1 is 1.20 bits per heavy atom. The minimum absolute atomic E-state index is 0.315. The first-order valence-corrected chi connectivity index (χ1v) is 7.88. The molecule has 2 heterocycles. The fourth-order valence-corrected chi connectivity index (χ4v) is 2.53. The van der Waals surface area contributed by atoms with E-state index in [1.54, 1.807) is 11.3 Å². The summed E-state index contributed by atoms with van der Waals surface area (Å²) in [6, 6.07) is 4.20. The van der Waals surface area contributed by atoms with Crippen molar-refractivity contribution in [1.29, 1.82) is 0 Å². The predicted molar refractivity (Wildman–Crippen MR) is 86.7 cm³/mol. The quantitative estimate of drug-likeness (QED) is 0.844. The molecule has 0 saturated heterocycles. The first kappa shape index (κ1) is 14.8. The fourth-order valence-electron chi connectivity index (χ4n) is 1.89. The van der Waals surface area contributed by atoms with Crippen LogP contribution < -0.4 is 10.6 Å². The molecule has 2 N–H and O–H groups in total. The van der Waals surface area contributed by atoms with Crippen LogP contribution in [0.1, 0.15) is 43.0 Å². The molecule has 0 bridgehead atoms. The van der Waals surface area contributed by atoms with Crippen LogP contribution in [0.2, 0.25) is 0 Å². The van der Waals surface area contributed by atoms with Crippen LogP contribution in [-0.2, 0) is 6.54 Å². The maximum atomic E-state index is 4.66. The Morgan fingerprint density at radius 2 is 1.90 bits per heavy atom. The van der Waals surface area contributed by atoms with Crippen LogP contribution in [0, 0.1) is 6.92 Å². The van der Waals surface area contributed by atoms with E-state index in [1.807, 2.05) is 0 Å². The standard InChI is InChI=1S/C15H22N4S/c1-5-16-14-11(4)15(19-13(18-14)10(2)3)17-9-12-7-6-8-20-12/h6-8,10H,5,9H2,1-4H3,(H2,16,17,18,19). The second kappa shape index (κ2) is 6.70. The van der Waals surface area contributed by atoms with E-state index < -0.39 is 0 Å². The van der Waals surface area contributed by atoms with Gasteiger partial charge in [-0.1, -0.05) is 19.9 Å². The Labute approximate surface area is 124 Å². The number of nitrogens with one attached hydrogen (secondary N) is 2. The molecule has 5 heteroatoms. The van der Waals surface area contributed by atoms with Gasteiger partial charge in [-0.05, 0) is 25.3 Å². The Bertz CT molecular complexity index is 549. The molecule has 0 atom stereocenters. The van der Waals surface area contributed by atoms with Gasteiger partial charge in [0, 0.05) is 22.9 Å². The van der Waals surface area contributed by atoms with Crippen LogP contribution in [0.3, 0.4) is 0 Å². The molecule has 0 aliphatic carbocycles. The Morgan fingerprint density at radius 3 is 2.45 bits per heavy atom. The lowest BCUT2D eigenvalue weighted by atomic mass is 10.2. The lowest BCUT2D eigenvalue weighted by Crippen LogP contribution is -2.11. The lowest BCUT2D eigenvalue weighted by Gasteiger charge is -2.15. The molecule has 0 unspecified atom stereocenters. The summed E-state index contributed by atoms with van der Waals surface area (Å²) >= 11 is 1.75. The van der Waals surface area contributed by atoms with Gasteiger partial charge in [0.1, 0.15) is 17.5 Å². The summed E-state index contributed by atoms with van der Waals surface area (Å²) < 4.78 is 0. The second-order valence-electron chi connectivity index (χ2n) is 5.02. The second-order valence-corrected chi connectivity index (χ2v) is 6.05. The summed E-state index contributed by atoms with van der Waals surface area (Å²) in [6.07, 6.45) is 0. The van der Waals surface area contributed by atoms with Crippen molar-refractivity contribution in [3.63, 3.8) is 0 Å². The molecular weight excluding hydrogens is 268 g/mol. The van der Waals surface area contributed by atoms with E-state index in [4.69, 9.17) is 0 Å². The SMILES string of the molecule is CCNc1nc(C(C)C)nc(NCc2cccs2)c1C. The average molecular weight is 290 g/mol. The smallest absolute Gasteiger partial charge is 0.135 e. The lowest BCUT2D eigenvalue weighted by molar-refractivity contribution is 0.772. The molecule has 2 aromatic rings. The predicted octanol–water partition coefficient (Wildman–Crippen LogP) is 4.01. The van der Waals surface area contributed by atoms with Gasteiger partial charge in [-0.2, -0.15) is 0 Å². The Balaban J connectivity index is 2.25. The van der Waals surface area contributed by atoms with Gasteiger partial charge in [-0.15, -0.1) is 11.3 Å². The van der Waals surface area contributed by atoms with Gasteiger partial charge in [-0.25, -0.2) is 9.97 Å². The number of hydrogen-bond acceptors (Lipinski definition) is 5. The largest absolute Gasteiger partial charge is 0.370 e. The van der Waals surface area contributed by atoms with E-state index in [1.165, 1.54) is 4.88 Å². The number of thiophene rings is 1. The third kappa shape index (κ3) is 3.48. The van der Waals surface area contributed by atoms with Gasteiger partial charge < -0.3 is 10.6 Å². The van der Waals surface area contributed by atoms with Crippen molar-refractivity contribution >= 4 is 23.0 Å². The molecule has 0 fully saturated rings. The Hall–Kier alpha value is -1.62. The maximum absolute atomic E-state index is 4.66. The van der Waals surface area contributed by atoms with Gasteiger partial charge in [0.2, 0.25) is 0 Å². The number of aromatic nitrogens is 2. The monoisotopic (exact) mass is 290 g/mol. The summed E-state index contributed by atoms with van der Waals surface area (Å²) in [4.78, 5) is 10.6. The molecule has 20 heavy (non-hydrogen) atoms. The van der Waals surface area contributed by atoms with E-state index in [2.05, 4.69) is 65.8 Å². The first-order chi connectivity index (χ1) is 9.61. The minimum atomic E-state index is 0.315. The highest BCUT2D eigenvalue weighted by Gasteiger charge is 2.12. The van der Waals surface area contributed by atoms with Gasteiger partial charge >= 0.3 is 0 Å². The number of anilines is 2. The van der Waals surface area contributed by atoms with E-state index in [0.717, 1.165) is 36.1 Å². The summed E-state index contributed by atoms with van der Waals surface area (Å²) in [6.45, 7) is 10.0. The summed E-state index contributed by atoms with van der Waals surface area (Å²) in [5, 5.41) is 8.84. The zero-order valence-electron chi connectivity index (χ0n) is 12.5. The van der Waals surface area contributed by atoms with Crippen LogP contribution in [0.25, 0.3) is 0 Å². The highest BCUT2D eigenvalue weighted by molar-refractivity contribution is 7.09. The van der Waals surface area contributed by atoms with Crippen LogP contribution in [0.5, 0.6) is 0 Å². The van der Waals surface area contributed by atoms with E-state index in [0.29, 0.717) is 5.92 Å². The molecule has 0 aromatic carbocycles. The maximum Gasteiger partial charge on any atom is 0.135 e. The highest BCUT2D eigenvalue weighted by atomic mass is 32.1. The van der Waals surface area contributed by atoms with E-state index in [9.17, 15) is 0 Å². The van der Waals surface area contributed by atoms with Crippen LogP contribution >= 0.6 is 11.3 Å². The zero-order chi connectivity index (χ0) is 14.5. The van der Waals surface area contributed by atoms with Crippen molar-refractivity contribution in [1.82, 2.24) is 9.97 Å². The van der Waals surface area contributed by atoms with Crippen LogP contribution in [-0.4, -0.2) is 16.5 Å². The topological polar surface area (TPSA) is 49.8 Å². The molecule has 4 nitrogen and oxygen atoms in total. The molecule has 0 aliphatic rings. The molecule has 2 rings (SSSR count). The summed E-state index contributed by atoms with van der Waals surface area (Å²) in [7, 11) is 0. The molecule has 2 aromatic heterocycles. The van der Waals surface area contributed by atoms with Crippen molar-refractivity contribution in [2.75, 3.05) is 17.2 Å². The Kier molecular flexibility index (Phi) is 4.95. The first-order valence-electron chi connectivity index (χ1n) is 7.00. The number of hydrogen-bond donors (Lipinski definition) is 2. The summed E-state index contributed by atoms with van der Waals surface area (Å²) in [5.41, 5.74) is 1.08. The van der Waals surface area contributed by atoms with Crippen molar-refractivity contribution in [2.24, 2.45) is 0 Å². The van der Waals surface area contributed by atoms with E-state index >= 15 is 0 Å². The average Bonchev–Trinajstić information content (AvgIpc) is 2.92. The summed E-state index contributed by atoms with van der Waals surface area (Å²) in [5.74, 6) is 3.04. The minimum Gasteiger partial charge on any atom is -0.370 e. The van der Waals surface area contributed by atoms with Crippen LogP contribution in [0.15, 0.2) is 17.5 Å². The molecular formula is C15H22N4S. The third-order valence-electron chi connectivity index (χ3n) is 3.03. The molecule has 108 valence electrons. The normalized spacial score (nSPS) is 10.8. The fraction of sp³-hybridized carbons (Fsp3) is 0.467. The number of nitrogens with zero attached hydrogens (tertiary/aromatic N) is 2. The zero-order valence-corrected chi connectivity index (χ0v) is 13.3. The van der Waals surface area contributed by atoms with Gasteiger partial charge in [0.05, 0.1) is 6.54 Å². The van der Waals surface area contributed by atoms with Crippen LogP contribution in [0.4, 0.5) is 11.6 Å². The molecule has 0 aliphatic heterocycles. The number of rotatable bonds is 6. The molecule has 0 amide bonds. The van der Waals surface area contributed by atoms with Crippen molar-refractivity contribution in [2.45, 2.75) is 40.2 Å². The van der Waals surface area contributed by atoms with Gasteiger partial charge in [0.25, 0.3) is 0 Å². The third-order valence-corrected chi connectivity index (χ3v) is 3.91.